The molecule has 7 aliphatic rings. The molecule has 0 spiro atoms. The van der Waals surface area contributed by atoms with Gasteiger partial charge in [-0.05, 0) is 62.9 Å². The Morgan fingerprint density at radius 3 is 2.43 bits per heavy atom. The predicted molar refractivity (Wildman–Crippen MR) is 126 cm³/mol. The molecule has 4 bridgehead atoms. The molecule has 6 N–H and O–H groups in total. The van der Waals surface area contributed by atoms with Gasteiger partial charge in [-0.25, -0.2) is 0 Å². The van der Waals surface area contributed by atoms with Crippen LogP contribution >= 0.6 is 0 Å². The summed E-state index contributed by atoms with van der Waals surface area (Å²) in [4.78, 5) is 12.8. The lowest BCUT2D eigenvalue weighted by Crippen LogP contribution is -2.69. The zero-order valence-electron chi connectivity index (χ0n) is 21.7. The number of aliphatic hydroxyl groups excluding tert-OH is 5. The van der Waals surface area contributed by atoms with E-state index in [4.69, 9.17) is 18.9 Å². The summed E-state index contributed by atoms with van der Waals surface area (Å²) in [5, 5.41) is 61.3. The van der Waals surface area contributed by atoms with Gasteiger partial charge in [0.2, 0.25) is 0 Å². The Bertz CT molecular complexity index is 937. The number of carbonyl (C=O) groups excluding carboxylic acids is 1. The number of allylic oxidation sites excluding steroid dienone is 2. The molecule has 0 aromatic rings. The maximum atomic E-state index is 12.8. The molecule has 3 saturated carbocycles. The molecule has 0 radical (unpaired) electrons. The predicted octanol–water partition coefficient (Wildman–Crippen LogP) is -1.15. The molecule has 210 valence electrons. The minimum absolute atomic E-state index is 0.0182. The van der Waals surface area contributed by atoms with Gasteiger partial charge in [0.05, 0.1) is 25.4 Å². The first-order valence-electron chi connectivity index (χ1n) is 13.1. The third kappa shape index (κ3) is 4.14. The fourth-order valence-corrected chi connectivity index (χ4v) is 7.80. The first-order valence-corrected chi connectivity index (χ1v) is 13.1. The summed E-state index contributed by atoms with van der Waals surface area (Å²) in [5.41, 5.74) is -1.60. The zero-order chi connectivity index (χ0) is 27.1. The largest absolute Gasteiger partial charge is 0.393 e. The molecule has 0 aromatic heterocycles. The van der Waals surface area contributed by atoms with Crippen molar-refractivity contribution in [1.82, 2.24) is 0 Å². The van der Waals surface area contributed by atoms with Gasteiger partial charge in [0.25, 0.3) is 0 Å². The van der Waals surface area contributed by atoms with Gasteiger partial charge in [-0.3, -0.25) is 4.79 Å². The number of rotatable bonds is 7. The van der Waals surface area contributed by atoms with E-state index in [-0.39, 0.29) is 42.2 Å². The Morgan fingerprint density at radius 2 is 1.81 bits per heavy atom. The molecule has 13 atom stereocenters. The second-order valence-corrected chi connectivity index (χ2v) is 12.4. The Morgan fingerprint density at radius 1 is 1.11 bits per heavy atom. The van der Waals surface area contributed by atoms with Crippen molar-refractivity contribution in [2.75, 3.05) is 19.8 Å². The summed E-state index contributed by atoms with van der Waals surface area (Å²) in [7, 11) is 0. The summed E-state index contributed by atoms with van der Waals surface area (Å²) in [5.74, 6) is 0.571. The lowest BCUT2D eigenvalue weighted by molar-refractivity contribution is -0.342. The van der Waals surface area contributed by atoms with Gasteiger partial charge in [0.1, 0.15) is 36.1 Å². The minimum atomic E-state index is -1.87. The maximum absolute atomic E-state index is 12.8. The van der Waals surface area contributed by atoms with E-state index in [2.05, 4.69) is 6.92 Å². The van der Waals surface area contributed by atoms with E-state index in [1.54, 1.807) is 6.08 Å². The van der Waals surface area contributed by atoms with Crippen LogP contribution in [-0.4, -0.2) is 111 Å². The van der Waals surface area contributed by atoms with E-state index in [0.717, 1.165) is 18.4 Å². The van der Waals surface area contributed by atoms with Crippen LogP contribution in [0.1, 0.15) is 40.5 Å². The van der Waals surface area contributed by atoms with Crippen molar-refractivity contribution < 1.29 is 54.4 Å². The van der Waals surface area contributed by atoms with Crippen LogP contribution in [0.2, 0.25) is 0 Å². The van der Waals surface area contributed by atoms with Crippen LogP contribution in [0.15, 0.2) is 11.6 Å². The lowest BCUT2D eigenvalue weighted by atomic mass is 9.34. The van der Waals surface area contributed by atoms with Gasteiger partial charge in [0.15, 0.2) is 18.4 Å². The smallest absolute Gasteiger partial charge is 0.187 e. The summed E-state index contributed by atoms with van der Waals surface area (Å²) in [6, 6.07) is 0. The second kappa shape index (κ2) is 9.29. The molecule has 37 heavy (non-hydrogen) atoms. The molecule has 11 nitrogen and oxygen atoms in total. The van der Waals surface area contributed by atoms with Gasteiger partial charge in [-0.15, -0.1) is 0 Å². The average molecular weight is 529 g/mol. The molecular formula is C26H40O11. The molecule has 11 heteroatoms. The fraction of sp³-hybridized carbons (Fsp3) is 0.885. The molecule has 2 aliphatic heterocycles. The second-order valence-electron chi connectivity index (χ2n) is 12.4. The molecule has 2 saturated heterocycles. The van der Waals surface area contributed by atoms with E-state index >= 15 is 0 Å². The van der Waals surface area contributed by atoms with E-state index in [0.29, 0.717) is 5.92 Å². The first kappa shape index (κ1) is 27.6. The van der Waals surface area contributed by atoms with Crippen molar-refractivity contribution in [3.05, 3.63) is 11.6 Å². The number of carbonyl (C=O) groups is 1. The van der Waals surface area contributed by atoms with Crippen molar-refractivity contribution in [3.8, 4) is 0 Å². The average Bonchev–Trinajstić information content (AvgIpc) is 3.12. The maximum Gasteiger partial charge on any atom is 0.187 e. The summed E-state index contributed by atoms with van der Waals surface area (Å²) >= 11 is 0. The van der Waals surface area contributed by atoms with E-state index < -0.39 is 60.9 Å². The van der Waals surface area contributed by atoms with Crippen LogP contribution in [0.4, 0.5) is 0 Å². The van der Waals surface area contributed by atoms with Crippen molar-refractivity contribution >= 4 is 5.78 Å². The molecule has 5 fully saturated rings. The standard InChI is InChI=1S/C26H40O11/c1-11-7-13(28)17-15-12(5-6-25(17,4)16(11)15)24(2,3)37-22-20(31)19(30)18(29)14(36-22)8-34-23-21(32)26(33,9-27)10-35-23/h7,12,14-23,27,29-33H,5-6,8-10H2,1-4H3/t12-,14-,15+,16+,17-,18-,19+,20-,21+,22+,23-,25-,26-/m1/s1. The number of aliphatic hydroxyl groups is 6. The van der Waals surface area contributed by atoms with Crippen molar-refractivity contribution in [3.63, 3.8) is 0 Å². The monoisotopic (exact) mass is 528 g/mol. The van der Waals surface area contributed by atoms with Crippen LogP contribution in [0.25, 0.3) is 0 Å². The third-order valence-electron chi connectivity index (χ3n) is 9.80. The molecule has 2 heterocycles. The molecular weight excluding hydrogens is 488 g/mol. The molecule has 7 rings (SSSR count). The van der Waals surface area contributed by atoms with Crippen molar-refractivity contribution in [2.24, 2.45) is 29.1 Å². The highest BCUT2D eigenvalue weighted by Gasteiger charge is 2.70. The highest BCUT2D eigenvalue weighted by molar-refractivity contribution is 5.96. The number of hydrogen-bond acceptors (Lipinski definition) is 11. The van der Waals surface area contributed by atoms with Crippen LogP contribution in [0.3, 0.4) is 0 Å². The Labute approximate surface area is 216 Å². The molecule has 0 unspecified atom stereocenters. The Hall–Kier alpha value is -0.990. The van der Waals surface area contributed by atoms with E-state index in [1.807, 2.05) is 20.8 Å². The van der Waals surface area contributed by atoms with Crippen LogP contribution in [0, 0.1) is 29.1 Å². The van der Waals surface area contributed by atoms with Crippen molar-refractivity contribution in [2.45, 2.75) is 94.8 Å². The molecule has 5 aliphatic carbocycles. The van der Waals surface area contributed by atoms with Crippen molar-refractivity contribution in [1.29, 1.82) is 0 Å². The zero-order valence-corrected chi connectivity index (χ0v) is 21.7. The Kier molecular flexibility index (Phi) is 6.93. The SMILES string of the molecule is CC1=CC(=O)[C@@H]2[C@H]3[C@H](C(C)(C)O[C@@H]4O[C@H](CO[C@@H]5OC[C@](O)(CO)[C@H]5O)[C@@H](O)[C@H](O)[C@H]4O)CC[C@]2(C)[C@@H]13. The third-order valence-corrected chi connectivity index (χ3v) is 9.80. The topological polar surface area (TPSA) is 175 Å². The lowest BCUT2D eigenvalue weighted by Gasteiger charge is -2.70. The van der Waals surface area contributed by atoms with Crippen LogP contribution < -0.4 is 0 Å². The number of ether oxygens (including phenoxy) is 4. The summed E-state index contributed by atoms with van der Waals surface area (Å²) < 4.78 is 22.9. The quantitative estimate of drug-likeness (QED) is 0.235. The molecule has 0 aromatic carbocycles. The first-order chi connectivity index (χ1) is 17.2. The van der Waals surface area contributed by atoms with E-state index in [9.17, 15) is 35.4 Å². The number of hydrogen-bond donors (Lipinski definition) is 6. The summed E-state index contributed by atoms with van der Waals surface area (Å²) in [6.45, 7) is 6.59. The highest BCUT2D eigenvalue weighted by Crippen LogP contribution is 2.71. The fourth-order valence-electron chi connectivity index (χ4n) is 7.80. The molecule has 0 amide bonds. The van der Waals surface area contributed by atoms with Gasteiger partial charge < -0.3 is 49.6 Å². The van der Waals surface area contributed by atoms with Crippen LogP contribution in [-0.2, 0) is 23.7 Å². The number of fused-ring (bicyclic) bond motifs is 3. The normalized spacial score (nSPS) is 51.6. The highest BCUT2D eigenvalue weighted by atomic mass is 16.7. The van der Waals surface area contributed by atoms with Gasteiger partial charge in [-0.2, -0.15) is 0 Å². The van der Waals surface area contributed by atoms with Gasteiger partial charge >= 0.3 is 0 Å². The Balaban J connectivity index is 1.26. The van der Waals surface area contributed by atoms with E-state index in [1.165, 1.54) is 0 Å². The van der Waals surface area contributed by atoms with Crippen LogP contribution in [0.5, 0.6) is 0 Å². The summed E-state index contributed by atoms with van der Waals surface area (Å²) in [6.07, 6.45) is -6.35. The minimum Gasteiger partial charge on any atom is -0.393 e. The van der Waals surface area contributed by atoms with Gasteiger partial charge in [0, 0.05) is 5.92 Å². The number of ketones is 1. The van der Waals surface area contributed by atoms with Gasteiger partial charge in [-0.1, -0.05) is 12.5 Å².